The maximum atomic E-state index is 14.6. The van der Waals surface area contributed by atoms with Crippen LogP contribution >= 0.6 is 0 Å². The molecule has 0 radical (unpaired) electrons. The lowest BCUT2D eigenvalue weighted by atomic mass is 9.94. The molecule has 1 aromatic carbocycles. The molecule has 6 rings (SSSR count). The van der Waals surface area contributed by atoms with Gasteiger partial charge in [-0.05, 0) is 63.6 Å². The molecule has 242 valence electrons. The van der Waals surface area contributed by atoms with Gasteiger partial charge in [-0.2, -0.15) is 18.4 Å². The lowest BCUT2D eigenvalue weighted by molar-refractivity contribution is -0.191. The summed E-state index contributed by atoms with van der Waals surface area (Å²) in [5, 5.41) is 15.5. The fourth-order valence-corrected chi connectivity index (χ4v) is 6.82. The topological polar surface area (TPSA) is 133 Å². The van der Waals surface area contributed by atoms with E-state index in [2.05, 4.69) is 26.7 Å². The van der Waals surface area contributed by atoms with Crippen molar-refractivity contribution in [2.75, 3.05) is 48.4 Å². The third-order valence-corrected chi connectivity index (χ3v) is 9.13. The van der Waals surface area contributed by atoms with Crippen LogP contribution in [0.3, 0.4) is 0 Å². The quantitative estimate of drug-likeness (QED) is 0.397. The molecule has 2 N–H and O–H groups in total. The number of halogens is 3. The molecule has 0 bridgehead atoms. The number of anilines is 3. The van der Waals surface area contributed by atoms with Gasteiger partial charge in [-0.1, -0.05) is 0 Å². The van der Waals surface area contributed by atoms with Crippen LogP contribution in [-0.4, -0.2) is 79.2 Å². The van der Waals surface area contributed by atoms with Crippen LogP contribution in [0.4, 0.5) is 35.2 Å². The van der Waals surface area contributed by atoms with Crippen LogP contribution in [-0.2, 0) is 14.3 Å². The second kappa shape index (κ2) is 11.0. The molecule has 2 aromatic heterocycles. The van der Waals surface area contributed by atoms with E-state index < -0.39 is 34.6 Å². The number of piperidine rings is 1. The Morgan fingerprint density at radius 3 is 2.50 bits per heavy atom. The number of ether oxygens (including phenoxy) is 2. The van der Waals surface area contributed by atoms with Crippen LogP contribution in [0.25, 0.3) is 10.9 Å². The Hall–Kier alpha value is -4.64. The van der Waals surface area contributed by atoms with E-state index in [9.17, 15) is 28.0 Å². The second-order valence-corrected chi connectivity index (χ2v) is 13.1. The van der Waals surface area contributed by atoms with Gasteiger partial charge in [0, 0.05) is 50.6 Å². The number of nitrogens with zero attached hydrogens (tertiary/aromatic N) is 5. The van der Waals surface area contributed by atoms with E-state index >= 15 is 0 Å². The van der Waals surface area contributed by atoms with Crippen molar-refractivity contribution in [3.8, 4) is 6.07 Å². The summed E-state index contributed by atoms with van der Waals surface area (Å²) in [6, 6.07) is 11.5. The van der Waals surface area contributed by atoms with Crippen molar-refractivity contribution >= 4 is 40.1 Å². The van der Waals surface area contributed by atoms with Gasteiger partial charge in [-0.25, -0.2) is 9.78 Å². The Balaban J connectivity index is 1.17. The zero-order chi connectivity index (χ0) is 33.1. The highest BCUT2D eigenvalue weighted by molar-refractivity contribution is 6.01. The van der Waals surface area contributed by atoms with Crippen molar-refractivity contribution in [1.82, 2.24) is 15.3 Å². The van der Waals surface area contributed by atoms with Crippen molar-refractivity contribution in [2.24, 2.45) is 10.8 Å². The van der Waals surface area contributed by atoms with Gasteiger partial charge in [0.25, 0.3) is 0 Å². The Morgan fingerprint density at radius 2 is 1.85 bits per heavy atom. The molecule has 14 heteroatoms. The van der Waals surface area contributed by atoms with Crippen LogP contribution in [0.1, 0.15) is 32.8 Å². The highest BCUT2D eigenvalue weighted by Gasteiger charge is 2.86. The molecule has 4 heterocycles. The molecule has 0 spiro atoms. The molecule has 3 aromatic rings. The number of carbonyl (C=O) groups excluding carboxylic acids is 2. The summed E-state index contributed by atoms with van der Waals surface area (Å²) < 4.78 is 54.7. The predicted octanol–water partition coefficient (Wildman–Crippen LogP) is 4.63. The van der Waals surface area contributed by atoms with E-state index in [1.54, 1.807) is 63.1 Å². The SMILES string of the molecule is CO[C@@H]1CN(c2ccc(NC(=O)[C@]34CN(c5ccc(C#N)c6ncccc56)C[C@@]3(C(F)(F)F)C4)nc2)C[C@H]1NC(=O)OC(C)(C)C. The minimum atomic E-state index is -4.62. The van der Waals surface area contributed by atoms with Crippen LogP contribution in [0, 0.1) is 22.2 Å². The summed E-state index contributed by atoms with van der Waals surface area (Å²) in [5.74, 6) is -0.616. The van der Waals surface area contributed by atoms with Gasteiger partial charge in [0.2, 0.25) is 5.91 Å². The van der Waals surface area contributed by atoms with Gasteiger partial charge in [0.05, 0.1) is 40.5 Å². The fourth-order valence-electron chi connectivity index (χ4n) is 6.82. The molecule has 46 heavy (non-hydrogen) atoms. The first-order chi connectivity index (χ1) is 21.7. The number of hydrogen-bond acceptors (Lipinski definition) is 9. The van der Waals surface area contributed by atoms with E-state index in [4.69, 9.17) is 9.47 Å². The highest BCUT2D eigenvalue weighted by atomic mass is 19.4. The maximum absolute atomic E-state index is 14.6. The number of aromatic nitrogens is 2. The van der Waals surface area contributed by atoms with Gasteiger partial charge < -0.3 is 29.9 Å². The van der Waals surface area contributed by atoms with Gasteiger partial charge in [-0.3, -0.25) is 9.78 Å². The molecule has 4 atom stereocenters. The summed E-state index contributed by atoms with van der Waals surface area (Å²) in [5.41, 5.74) is -2.67. The molecular weight excluding hydrogens is 603 g/mol. The fraction of sp³-hybridized carbons (Fsp3) is 0.469. The Kier molecular flexibility index (Phi) is 7.50. The molecule has 2 saturated heterocycles. The standard InChI is InChI=1S/C32H34F3N7O4/c1-29(2,3)46-28(44)39-22-14-41(15-24(22)45-4)20-8-10-25(38-13-20)40-27(43)30-16-31(30,32(33,34)35)18-42(17-30)23-9-7-19(12-36)26-21(23)6-5-11-37-26/h5-11,13,22,24H,14-18H2,1-4H3,(H,39,44)(H,38,40,43)/t22-,24-,30+,31+/m1/s1. The van der Waals surface area contributed by atoms with Crippen LogP contribution in [0.15, 0.2) is 48.8 Å². The average molecular weight is 638 g/mol. The number of carbonyl (C=O) groups is 2. The first-order valence-corrected chi connectivity index (χ1v) is 14.8. The summed E-state index contributed by atoms with van der Waals surface area (Å²) >= 11 is 0. The first-order valence-electron chi connectivity index (χ1n) is 14.8. The first kappa shape index (κ1) is 31.3. The lowest BCUT2D eigenvalue weighted by Crippen LogP contribution is -2.45. The van der Waals surface area contributed by atoms with Crippen molar-refractivity contribution in [2.45, 2.75) is 51.1 Å². The Bertz CT molecular complexity index is 1720. The molecule has 1 aliphatic carbocycles. The van der Waals surface area contributed by atoms with Crippen molar-refractivity contribution < 1.29 is 32.2 Å². The summed E-state index contributed by atoms with van der Waals surface area (Å²) in [6.07, 6.45) is -2.76. The number of amides is 2. The normalized spacial score (nSPS) is 25.6. The third kappa shape index (κ3) is 5.32. The zero-order valence-electron chi connectivity index (χ0n) is 25.8. The van der Waals surface area contributed by atoms with Crippen molar-refractivity contribution in [3.05, 3.63) is 54.4 Å². The lowest BCUT2D eigenvalue weighted by Gasteiger charge is -2.25. The number of rotatable bonds is 6. The molecule has 0 unspecified atom stereocenters. The predicted molar refractivity (Wildman–Crippen MR) is 163 cm³/mol. The molecule has 3 fully saturated rings. The van der Waals surface area contributed by atoms with Crippen molar-refractivity contribution in [3.63, 3.8) is 0 Å². The largest absolute Gasteiger partial charge is 0.444 e. The van der Waals surface area contributed by atoms with E-state index in [-0.39, 0.29) is 37.5 Å². The number of nitriles is 1. The number of hydrogen-bond donors (Lipinski definition) is 2. The number of alkyl halides is 3. The van der Waals surface area contributed by atoms with Gasteiger partial charge in [-0.15, -0.1) is 0 Å². The minimum Gasteiger partial charge on any atom is -0.444 e. The number of pyridine rings is 2. The van der Waals surface area contributed by atoms with E-state index in [0.717, 1.165) is 0 Å². The second-order valence-electron chi connectivity index (χ2n) is 13.1. The number of alkyl carbamates (subject to hydrolysis) is 1. The molecule has 1 saturated carbocycles. The maximum Gasteiger partial charge on any atom is 0.408 e. The Morgan fingerprint density at radius 1 is 1.07 bits per heavy atom. The molecule has 2 amide bonds. The van der Waals surface area contributed by atoms with E-state index in [0.29, 0.717) is 40.9 Å². The monoisotopic (exact) mass is 637 g/mol. The number of nitrogens with one attached hydrogen (secondary N) is 2. The molecular formula is C32H34F3N7O4. The van der Waals surface area contributed by atoms with E-state index in [1.165, 1.54) is 18.5 Å². The third-order valence-electron chi connectivity index (χ3n) is 9.13. The summed E-state index contributed by atoms with van der Waals surface area (Å²) in [7, 11) is 1.55. The molecule has 2 aliphatic heterocycles. The molecule has 3 aliphatic rings. The zero-order valence-corrected chi connectivity index (χ0v) is 25.8. The number of fused-ring (bicyclic) bond motifs is 2. The minimum absolute atomic E-state index is 0.128. The van der Waals surface area contributed by atoms with Gasteiger partial charge >= 0.3 is 12.3 Å². The summed E-state index contributed by atoms with van der Waals surface area (Å²) in [4.78, 5) is 38.1. The molecule has 11 nitrogen and oxygen atoms in total. The number of benzene rings is 1. The van der Waals surface area contributed by atoms with Crippen LogP contribution in [0.5, 0.6) is 0 Å². The van der Waals surface area contributed by atoms with Crippen LogP contribution < -0.4 is 20.4 Å². The number of methoxy groups -OCH3 is 1. The van der Waals surface area contributed by atoms with Gasteiger partial charge in [0.15, 0.2) is 0 Å². The van der Waals surface area contributed by atoms with Crippen molar-refractivity contribution in [1.29, 1.82) is 5.26 Å². The Labute approximate surface area is 263 Å². The highest BCUT2D eigenvalue weighted by Crippen LogP contribution is 2.75. The van der Waals surface area contributed by atoms with Gasteiger partial charge in [0.1, 0.15) is 22.9 Å². The van der Waals surface area contributed by atoms with E-state index in [1.807, 2.05) is 4.90 Å². The summed E-state index contributed by atoms with van der Waals surface area (Å²) in [6.45, 7) is 5.66. The average Bonchev–Trinajstić information content (AvgIpc) is 3.30. The van der Waals surface area contributed by atoms with Crippen LogP contribution in [0.2, 0.25) is 0 Å². The smallest absolute Gasteiger partial charge is 0.408 e.